The maximum atomic E-state index is 14.2. The topological polar surface area (TPSA) is 80.2 Å². The van der Waals surface area contributed by atoms with Gasteiger partial charge in [-0.15, -0.1) is 0 Å². The van der Waals surface area contributed by atoms with Gasteiger partial charge in [-0.1, -0.05) is 24.3 Å². The molecule has 1 aliphatic heterocycles. The molecule has 0 saturated carbocycles. The number of aromatic nitrogens is 3. The van der Waals surface area contributed by atoms with E-state index < -0.39 is 11.5 Å². The Hall–Kier alpha value is -3.42. The van der Waals surface area contributed by atoms with Crippen molar-refractivity contribution in [3.8, 4) is 11.4 Å². The first kappa shape index (κ1) is 20.8. The Bertz CT molecular complexity index is 1120. The number of methoxy groups -OCH3 is 1. The van der Waals surface area contributed by atoms with E-state index >= 15 is 0 Å². The van der Waals surface area contributed by atoms with Crippen molar-refractivity contribution in [1.82, 2.24) is 19.7 Å². The van der Waals surface area contributed by atoms with Crippen LogP contribution in [0.4, 0.5) is 4.39 Å². The van der Waals surface area contributed by atoms with Gasteiger partial charge in [0.05, 0.1) is 19.2 Å². The van der Waals surface area contributed by atoms with Gasteiger partial charge in [-0.05, 0) is 48.6 Å². The molecule has 1 saturated heterocycles. The van der Waals surface area contributed by atoms with Gasteiger partial charge in [0.25, 0.3) is 0 Å². The van der Waals surface area contributed by atoms with Crippen LogP contribution >= 0.6 is 0 Å². The number of para-hydroxylation sites is 1. The zero-order valence-corrected chi connectivity index (χ0v) is 17.4. The lowest BCUT2D eigenvalue weighted by atomic mass is 9.93. The number of carbonyl (C=O) groups excluding carboxylic acids is 1. The van der Waals surface area contributed by atoms with Crippen molar-refractivity contribution in [3.05, 3.63) is 76.2 Å². The molecule has 2 aromatic carbocycles. The maximum Gasteiger partial charge on any atom is 0.348 e. The monoisotopic (exact) mass is 424 g/mol. The molecule has 1 aliphatic rings. The SMILES string of the molecule is COc1cccc(CC(=O)N2CCC(Cc3n[nH]c(=O)n3-c3ccccc3F)CC2)c1. The van der Waals surface area contributed by atoms with Crippen molar-refractivity contribution >= 4 is 5.91 Å². The largest absolute Gasteiger partial charge is 0.497 e. The highest BCUT2D eigenvalue weighted by Crippen LogP contribution is 2.23. The molecule has 8 heteroatoms. The number of H-pyrrole nitrogens is 1. The molecule has 0 atom stereocenters. The van der Waals surface area contributed by atoms with E-state index in [4.69, 9.17) is 4.74 Å². The fourth-order valence-corrected chi connectivity index (χ4v) is 4.06. The predicted octanol–water partition coefficient (Wildman–Crippen LogP) is 2.73. The van der Waals surface area contributed by atoms with E-state index in [1.54, 1.807) is 25.3 Å². The molecular weight excluding hydrogens is 399 g/mol. The fraction of sp³-hybridized carbons (Fsp3) is 0.348. The highest BCUT2D eigenvalue weighted by Gasteiger charge is 2.25. The number of likely N-dealkylation sites (tertiary alicyclic amines) is 1. The van der Waals surface area contributed by atoms with Crippen LogP contribution in [0.3, 0.4) is 0 Å². The van der Waals surface area contributed by atoms with E-state index in [-0.39, 0.29) is 17.5 Å². The van der Waals surface area contributed by atoms with E-state index in [1.165, 1.54) is 10.6 Å². The first-order chi connectivity index (χ1) is 15.0. The number of carbonyl (C=O) groups is 1. The molecule has 0 spiro atoms. The summed E-state index contributed by atoms with van der Waals surface area (Å²) in [7, 11) is 1.61. The van der Waals surface area contributed by atoms with Crippen LogP contribution in [0.25, 0.3) is 5.69 Å². The molecule has 3 aromatic rings. The van der Waals surface area contributed by atoms with Gasteiger partial charge < -0.3 is 9.64 Å². The molecule has 162 valence electrons. The zero-order chi connectivity index (χ0) is 21.8. The predicted molar refractivity (Wildman–Crippen MR) is 114 cm³/mol. The molecule has 1 aromatic heterocycles. The minimum absolute atomic E-state index is 0.0923. The van der Waals surface area contributed by atoms with Gasteiger partial charge in [0.15, 0.2) is 0 Å². The Labute approximate surface area is 179 Å². The third-order valence-corrected chi connectivity index (χ3v) is 5.76. The second-order valence-corrected chi connectivity index (χ2v) is 7.79. The minimum atomic E-state index is -0.467. The molecule has 0 aliphatic carbocycles. The Balaban J connectivity index is 1.37. The Morgan fingerprint density at radius 1 is 1.19 bits per heavy atom. The van der Waals surface area contributed by atoms with Crippen molar-refractivity contribution in [3.63, 3.8) is 0 Å². The Morgan fingerprint density at radius 2 is 1.97 bits per heavy atom. The van der Waals surface area contributed by atoms with Gasteiger partial charge in [-0.25, -0.2) is 18.9 Å². The number of hydrogen-bond acceptors (Lipinski definition) is 4. The summed E-state index contributed by atoms with van der Waals surface area (Å²) in [6.45, 7) is 1.31. The summed E-state index contributed by atoms with van der Waals surface area (Å²) in [6, 6.07) is 13.7. The van der Waals surface area contributed by atoms with Crippen molar-refractivity contribution in [2.75, 3.05) is 20.2 Å². The average molecular weight is 424 g/mol. The van der Waals surface area contributed by atoms with Crippen molar-refractivity contribution in [1.29, 1.82) is 0 Å². The van der Waals surface area contributed by atoms with Gasteiger partial charge in [-0.3, -0.25) is 4.79 Å². The van der Waals surface area contributed by atoms with Gasteiger partial charge >= 0.3 is 5.69 Å². The summed E-state index contributed by atoms with van der Waals surface area (Å²) >= 11 is 0. The van der Waals surface area contributed by atoms with Crippen molar-refractivity contribution in [2.45, 2.75) is 25.7 Å². The first-order valence-corrected chi connectivity index (χ1v) is 10.4. The lowest BCUT2D eigenvalue weighted by molar-refractivity contribution is -0.131. The van der Waals surface area contributed by atoms with Crippen LogP contribution in [0.15, 0.2) is 53.3 Å². The molecule has 0 radical (unpaired) electrons. The number of nitrogens with one attached hydrogen (secondary N) is 1. The highest BCUT2D eigenvalue weighted by molar-refractivity contribution is 5.79. The van der Waals surface area contributed by atoms with Crippen molar-refractivity contribution in [2.24, 2.45) is 5.92 Å². The summed E-state index contributed by atoms with van der Waals surface area (Å²) in [5.74, 6) is 1.14. The van der Waals surface area contributed by atoms with Gasteiger partial charge in [0, 0.05) is 19.5 Å². The van der Waals surface area contributed by atoms with Crippen LogP contribution in [0.2, 0.25) is 0 Å². The lowest BCUT2D eigenvalue weighted by Crippen LogP contribution is -2.40. The number of rotatable bonds is 6. The molecule has 2 heterocycles. The number of hydrogen-bond donors (Lipinski definition) is 1. The van der Waals surface area contributed by atoms with E-state index in [1.807, 2.05) is 29.2 Å². The van der Waals surface area contributed by atoms with E-state index in [2.05, 4.69) is 10.2 Å². The molecule has 1 N–H and O–H groups in total. The van der Waals surface area contributed by atoms with Crippen LogP contribution in [0.1, 0.15) is 24.2 Å². The van der Waals surface area contributed by atoms with E-state index in [9.17, 15) is 14.0 Å². The van der Waals surface area contributed by atoms with Crippen molar-refractivity contribution < 1.29 is 13.9 Å². The zero-order valence-electron chi connectivity index (χ0n) is 17.4. The van der Waals surface area contributed by atoms with Crippen LogP contribution < -0.4 is 10.4 Å². The number of amides is 1. The van der Waals surface area contributed by atoms with Gasteiger partial charge in [0.1, 0.15) is 17.4 Å². The first-order valence-electron chi connectivity index (χ1n) is 10.4. The normalized spacial score (nSPS) is 14.6. The number of nitrogens with zero attached hydrogens (tertiary/aromatic N) is 3. The third-order valence-electron chi connectivity index (χ3n) is 5.76. The van der Waals surface area contributed by atoms with Crippen LogP contribution in [0.5, 0.6) is 5.75 Å². The third kappa shape index (κ3) is 4.68. The molecule has 4 rings (SSSR count). The smallest absolute Gasteiger partial charge is 0.348 e. The molecular formula is C23H25FN4O3. The number of ether oxygens (including phenoxy) is 1. The molecule has 0 unspecified atom stereocenters. The lowest BCUT2D eigenvalue weighted by Gasteiger charge is -2.32. The summed E-state index contributed by atoms with van der Waals surface area (Å²) < 4.78 is 20.7. The van der Waals surface area contributed by atoms with E-state index in [0.29, 0.717) is 31.8 Å². The summed E-state index contributed by atoms with van der Waals surface area (Å²) in [5, 5.41) is 6.55. The molecule has 1 amide bonds. The van der Waals surface area contributed by atoms with Gasteiger partial charge in [-0.2, -0.15) is 5.10 Å². The standard InChI is InChI=1S/C23H25FN4O3/c1-31-18-6-4-5-17(13-18)15-22(29)27-11-9-16(10-12-27)14-21-25-26-23(30)28(21)20-8-3-2-7-19(20)24/h2-8,13,16H,9-12,14-15H2,1H3,(H,26,30). The Morgan fingerprint density at radius 3 is 2.71 bits per heavy atom. The van der Waals surface area contributed by atoms with E-state index in [0.717, 1.165) is 24.2 Å². The average Bonchev–Trinajstić information content (AvgIpc) is 3.14. The summed E-state index contributed by atoms with van der Waals surface area (Å²) in [6.07, 6.45) is 2.50. The molecule has 0 bridgehead atoms. The fourth-order valence-electron chi connectivity index (χ4n) is 4.06. The second kappa shape index (κ2) is 9.16. The Kier molecular flexibility index (Phi) is 6.16. The second-order valence-electron chi connectivity index (χ2n) is 7.79. The quantitative estimate of drug-likeness (QED) is 0.660. The summed E-state index contributed by atoms with van der Waals surface area (Å²) in [4.78, 5) is 26.8. The number of halogens is 1. The summed E-state index contributed by atoms with van der Waals surface area (Å²) in [5.41, 5.74) is 0.671. The molecule has 1 fully saturated rings. The number of benzene rings is 2. The number of aromatic amines is 1. The highest BCUT2D eigenvalue weighted by atomic mass is 19.1. The number of piperidine rings is 1. The minimum Gasteiger partial charge on any atom is -0.497 e. The van der Waals surface area contributed by atoms with Crippen LogP contribution in [-0.2, 0) is 17.6 Å². The van der Waals surface area contributed by atoms with Crippen LogP contribution in [0, 0.1) is 11.7 Å². The maximum absolute atomic E-state index is 14.2. The molecule has 7 nitrogen and oxygen atoms in total. The van der Waals surface area contributed by atoms with Crippen LogP contribution in [-0.4, -0.2) is 45.8 Å². The van der Waals surface area contributed by atoms with Gasteiger partial charge in [0.2, 0.25) is 5.91 Å². The molecule has 31 heavy (non-hydrogen) atoms.